The zero-order valence-electron chi connectivity index (χ0n) is 7.03. The van der Waals surface area contributed by atoms with Crippen LogP contribution in [0.2, 0.25) is 0 Å². The molecule has 0 bridgehead atoms. The van der Waals surface area contributed by atoms with Crippen molar-refractivity contribution in [3.05, 3.63) is 0 Å². The van der Waals surface area contributed by atoms with Crippen LogP contribution in [0.1, 0.15) is 6.42 Å². The van der Waals surface area contributed by atoms with E-state index in [0.29, 0.717) is 19.1 Å². The van der Waals surface area contributed by atoms with Crippen molar-refractivity contribution in [1.82, 2.24) is 0 Å². The fraction of sp³-hybridized carbons (Fsp3) is 0.875. The molecule has 2 atom stereocenters. The molecule has 0 aliphatic carbocycles. The van der Waals surface area contributed by atoms with Gasteiger partial charge in [0.25, 0.3) is 0 Å². The maximum atomic E-state index is 8.35. The van der Waals surface area contributed by atoms with Crippen molar-refractivity contribution >= 4 is 0 Å². The number of nitriles is 1. The Bertz CT molecular complexity index is 161. The molecule has 68 valence electrons. The zero-order chi connectivity index (χ0) is 8.81. The van der Waals surface area contributed by atoms with E-state index in [1.54, 1.807) is 0 Å². The first-order chi connectivity index (χ1) is 5.83. The standard InChI is InChI=1S/C8H14N2O2/c9-3-8(10)6-12-5-7-1-2-11-4-7/h7-8H,1-2,4-6,10H2. The van der Waals surface area contributed by atoms with Gasteiger partial charge in [-0.05, 0) is 6.42 Å². The van der Waals surface area contributed by atoms with Crippen LogP contribution in [-0.4, -0.2) is 32.5 Å². The van der Waals surface area contributed by atoms with Gasteiger partial charge in [-0.3, -0.25) is 0 Å². The van der Waals surface area contributed by atoms with E-state index in [1.165, 1.54) is 0 Å². The number of rotatable bonds is 4. The van der Waals surface area contributed by atoms with Gasteiger partial charge in [0.1, 0.15) is 6.04 Å². The Hall–Kier alpha value is -0.630. The largest absolute Gasteiger partial charge is 0.381 e. The molecule has 0 spiro atoms. The maximum absolute atomic E-state index is 8.35. The molecule has 1 fully saturated rings. The van der Waals surface area contributed by atoms with Gasteiger partial charge < -0.3 is 15.2 Å². The normalized spacial score (nSPS) is 25.2. The highest BCUT2D eigenvalue weighted by Crippen LogP contribution is 2.11. The first kappa shape index (κ1) is 9.46. The van der Waals surface area contributed by atoms with Crippen LogP contribution >= 0.6 is 0 Å². The molecule has 1 heterocycles. The molecule has 1 saturated heterocycles. The third-order valence-corrected chi connectivity index (χ3v) is 1.84. The zero-order valence-corrected chi connectivity index (χ0v) is 7.03. The molecule has 0 aromatic rings. The van der Waals surface area contributed by atoms with Crippen LogP contribution in [0, 0.1) is 17.2 Å². The summed E-state index contributed by atoms with van der Waals surface area (Å²) in [6, 6.07) is 1.42. The second-order valence-electron chi connectivity index (χ2n) is 3.00. The van der Waals surface area contributed by atoms with Gasteiger partial charge in [0.05, 0.1) is 25.9 Å². The Morgan fingerprint density at radius 2 is 2.58 bits per heavy atom. The minimum Gasteiger partial charge on any atom is -0.381 e. The summed E-state index contributed by atoms with van der Waals surface area (Å²) >= 11 is 0. The summed E-state index contributed by atoms with van der Waals surface area (Å²) in [6.07, 6.45) is 1.06. The molecule has 4 nitrogen and oxygen atoms in total. The Balaban J connectivity index is 1.98. The van der Waals surface area contributed by atoms with Crippen molar-refractivity contribution in [3.63, 3.8) is 0 Å². The molecule has 1 aliphatic heterocycles. The third kappa shape index (κ3) is 3.18. The summed E-state index contributed by atoms with van der Waals surface area (Å²) in [6.45, 7) is 2.60. The van der Waals surface area contributed by atoms with Gasteiger partial charge >= 0.3 is 0 Å². The molecular weight excluding hydrogens is 156 g/mol. The molecule has 0 amide bonds. The van der Waals surface area contributed by atoms with E-state index >= 15 is 0 Å². The lowest BCUT2D eigenvalue weighted by Gasteiger charge is -2.08. The predicted molar refractivity (Wildman–Crippen MR) is 43.3 cm³/mol. The summed E-state index contributed by atoms with van der Waals surface area (Å²) < 4.78 is 10.4. The van der Waals surface area contributed by atoms with Crippen molar-refractivity contribution in [2.75, 3.05) is 26.4 Å². The van der Waals surface area contributed by atoms with Crippen molar-refractivity contribution in [2.45, 2.75) is 12.5 Å². The lowest BCUT2D eigenvalue weighted by Crippen LogP contribution is -2.25. The van der Waals surface area contributed by atoms with Crippen molar-refractivity contribution in [1.29, 1.82) is 5.26 Å². The number of nitrogens with zero attached hydrogens (tertiary/aromatic N) is 1. The molecule has 0 saturated carbocycles. The third-order valence-electron chi connectivity index (χ3n) is 1.84. The van der Waals surface area contributed by atoms with Gasteiger partial charge in [-0.2, -0.15) is 5.26 Å². The van der Waals surface area contributed by atoms with E-state index < -0.39 is 6.04 Å². The number of ether oxygens (including phenoxy) is 2. The highest BCUT2D eigenvalue weighted by Gasteiger charge is 2.15. The van der Waals surface area contributed by atoms with Gasteiger partial charge in [-0.25, -0.2) is 0 Å². The van der Waals surface area contributed by atoms with Crippen LogP contribution in [0.4, 0.5) is 0 Å². The highest BCUT2D eigenvalue weighted by molar-refractivity contribution is 4.85. The number of hydrogen-bond donors (Lipinski definition) is 1. The smallest absolute Gasteiger partial charge is 0.116 e. The van der Waals surface area contributed by atoms with Crippen LogP contribution < -0.4 is 5.73 Å². The molecule has 12 heavy (non-hydrogen) atoms. The van der Waals surface area contributed by atoms with Crippen molar-refractivity contribution < 1.29 is 9.47 Å². The van der Waals surface area contributed by atoms with E-state index in [1.807, 2.05) is 6.07 Å². The van der Waals surface area contributed by atoms with E-state index in [-0.39, 0.29) is 0 Å². The molecule has 1 rings (SSSR count). The second-order valence-corrected chi connectivity index (χ2v) is 3.00. The fourth-order valence-electron chi connectivity index (χ4n) is 1.11. The SMILES string of the molecule is N#CC(N)COCC1CCOC1. The predicted octanol–water partition coefficient (Wildman–Crippen LogP) is -0.110. The van der Waals surface area contributed by atoms with Gasteiger partial charge in [0.15, 0.2) is 0 Å². The first-order valence-corrected chi connectivity index (χ1v) is 4.13. The van der Waals surface area contributed by atoms with Crippen LogP contribution in [0.15, 0.2) is 0 Å². The molecule has 2 unspecified atom stereocenters. The molecule has 0 radical (unpaired) electrons. The van der Waals surface area contributed by atoms with Gasteiger partial charge in [-0.1, -0.05) is 0 Å². The molecule has 4 heteroatoms. The lowest BCUT2D eigenvalue weighted by atomic mass is 10.1. The highest BCUT2D eigenvalue weighted by atomic mass is 16.5. The van der Waals surface area contributed by atoms with E-state index in [0.717, 1.165) is 19.6 Å². The maximum Gasteiger partial charge on any atom is 0.116 e. The first-order valence-electron chi connectivity index (χ1n) is 4.13. The Kier molecular flexibility index (Phi) is 4.01. The monoisotopic (exact) mass is 170 g/mol. The molecule has 0 aromatic carbocycles. The molecular formula is C8H14N2O2. The summed E-state index contributed by atoms with van der Waals surface area (Å²) in [5.74, 6) is 0.496. The topological polar surface area (TPSA) is 68.3 Å². The lowest BCUT2D eigenvalue weighted by molar-refractivity contribution is 0.0877. The molecule has 2 N–H and O–H groups in total. The van der Waals surface area contributed by atoms with Crippen LogP contribution in [0.25, 0.3) is 0 Å². The van der Waals surface area contributed by atoms with Crippen molar-refractivity contribution in [2.24, 2.45) is 11.7 Å². The number of nitrogens with two attached hydrogens (primary N) is 1. The Morgan fingerprint density at radius 1 is 1.75 bits per heavy atom. The quantitative estimate of drug-likeness (QED) is 0.639. The van der Waals surface area contributed by atoms with Gasteiger partial charge in [0.2, 0.25) is 0 Å². The summed E-state index contributed by atoms with van der Waals surface area (Å²) in [4.78, 5) is 0. The Labute approximate surface area is 72.2 Å². The fourth-order valence-corrected chi connectivity index (χ4v) is 1.11. The molecule has 0 aromatic heterocycles. The number of hydrogen-bond acceptors (Lipinski definition) is 4. The van der Waals surface area contributed by atoms with Gasteiger partial charge in [-0.15, -0.1) is 0 Å². The summed E-state index contributed by atoms with van der Waals surface area (Å²) in [7, 11) is 0. The van der Waals surface area contributed by atoms with E-state index in [2.05, 4.69) is 0 Å². The second kappa shape index (κ2) is 5.09. The molecule has 1 aliphatic rings. The average Bonchev–Trinajstić information content (AvgIpc) is 2.57. The Morgan fingerprint density at radius 3 is 3.17 bits per heavy atom. The minimum absolute atomic E-state index is 0.326. The van der Waals surface area contributed by atoms with Crippen molar-refractivity contribution in [3.8, 4) is 6.07 Å². The van der Waals surface area contributed by atoms with E-state index in [4.69, 9.17) is 20.5 Å². The van der Waals surface area contributed by atoms with Crippen LogP contribution in [-0.2, 0) is 9.47 Å². The average molecular weight is 170 g/mol. The summed E-state index contributed by atoms with van der Waals surface area (Å²) in [5.41, 5.74) is 5.34. The minimum atomic E-state index is -0.493. The van der Waals surface area contributed by atoms with Gasteiger partial charge in [0, 0.05) is 12.5 Å². The van der Waals surface area contributed by atoms with Crippen LogP contribution in [0.5, 0.6) is 0 Å². The summed E-state index contributed by atoms with van der Waals surface area (Å²) in [5, 5.41) is 8.35. The van der Waals surface area contributed by atoms with E-state index in [9.17, 15) is 0 Å². The van der Waals surface area contributed by atoms with Crippen LogP contribution in [0.3, 0.4) is 0 Å².